The van der Waals surface area contributed by atoms with Crippen LogP contribution in [0.15, 0.2) is 140 Å². The zero-order valence-corrected chi connectivity index (χ0v) is 24.9. The van der Waals surface area contributed by atoms with Gasteiger partial charge in [0.1, 0.15) is 5.29 Å². The number of carbonyl (C=O) groups is 3. The van der Waals surface area contributed by atoms with E-state index in [0.29, 0.717) is 22.3 Å². The Kier molecular flexibility index (Phi) is 9.14. The van der Waals surface area contributed by atoms with Crippen molar-refractivity contribution in [3.63, 3.8) is 0 Å². The second-order valence-electron chi connectivity index (χ2n) is 9.69. The number of methoxy groups -OCH3 is 1. The molecule has 5 aromatic rings. The van der Waals surface area contributed by atoms with E-state index in [0.717, 1.165) is 15.9 Å². The van der Waals surface area contributed by atoms with Crippen molar-refractivity contribution in [1.82, 2.24) is 0 Å². The smallest absolute Gasteiger partial charge is 0.343 e. The predicted octanol–water partition coefficient (Wildman–Crippen LogP) is 6.05. The summed E-state index contributed by atoms with van der Waals surface area (Å²) in [5, 5.41) is 2.65. The highest BCUT2D eigenvalue weighted by Gasteiger charge is 2.38. The van der Waals surface area contributed by atoms with E-state index in [4.69, 9.17) is 9.47 Å². The highest BCUT2D eigenvalue weighted by Crippen LogP contribution is 2.47. The molecule has 5 rings (SSSR count). The van der Waals surface area contributed by atoms with Gasteiger partial charge in [0.15, 0.2) is 0 Å². The second kappa shape index (κ2) is 13.3. The van der Waals surface area contributed by atoms with Gasteiger partial charge in [0.2, 0.25) is 5.78 Å². The van der Waals surface area contributed by atoms with Crippen molar-refractivity contribution in [2.45, 2.75) is 6.92 Å². The average molecular weight is 587 g/mol. The Morgan fingerprint density at radius 1 is 0.628 bits per heavy atom. The summed E-state index contributed by atoms with van der Waals surface area (Å²) in [6, 6.07) is 43.2. The molecule has 0 aromatic heterocycles. The Bertz CT molecular complexity index is 1710. The molecular weight excluding hydrogens is 555 g/mol. The number of hydrogen-bond donors (Lipinski definition) is 0. The number of esters is 2. The van der Waals surface area contributed by atoms with Gasteiger partial charge in [-0.05, 0) is 53.0 Å². The monoisotopic (exact) mass is 586 g/mol. The summed E-state index contributed by atoms with van der Waals surface area (Å²) in [6.07, 6.45) is 0. The number of hydrogen-bond acceptors (Lipinski definition) is 5. The van der Waals surface area contributed by atoms with Crippen molar-refractivity contribution in [2.75, 3.05) is 13.7 Å². The third-order valence-corrected chi connectivity index (χ3v) is 11.5. The van der Waals surface area contributed by atoms with E-state index in [1.807, 2.05) is 103 Å². The molecule has 0 bridgehead atoms. The Labute approximate surface area is 251 Å². The lowest BCUT2D eigenvalue weighted by Crippen LogP contribution is -2.38. The molecule has 0 fully saturated rings. The first-order valence-electron chi connectivity index (χ1n) is 13.9. The molecule has 0 spiro atoms. The van der Waals surface area contributed by atoms with E-state index >= 15 is 0 Å². The zero-order valence-electron chi connectivity index (χ0n) is 24.0. The molecule has 0 aliphatic heterocycles. The van der Waals surface area contributed by atoms with Crippen LogP contribution in [0, 0.1) is 0 Å². The van der Waals surface area contributed by atoms with Crippen LogP contribution >= 0.6 is 6.89 Å². The van der Waals surface area contributed by atoms with E-state index < -0.39 is 24.6 Å². The third-order valence-electron chi connectivity index (χ3n) is 7.22. The van der Waals surface area contributed by atoms with Gasteiger partial charge in [0.05, 0.1) is 19.3 Å². The maximum atomic E-state index is 14.9. The molecular formula is C37H31O5P. The Morgan fingerprint density at radius 3 is 1.65 bits per heavy atom. The first kappa shape index (κ1) is 29.5. The van der Waals surface area contributed by atoms with Crippen LogP contribution in [-0.4, -0.2) is 36.7 Å². The lowest BCUT2D eigenvalue weighted by molar-refractivity contribution is -0.134. The van der Waals surface area contributed by atoms with Gasteiger partial charge < -0.3 is 9.47 Å². The second-order valence-corrected chi connectivity index (χ2v) is 13.0. The van der Waals surface area contributed by atoms with E-state index in [2.05, 4.69) is 0 Å². The molecule has 0 atom stereocenters. The molecule has 0 saturated heterocycles. The molecule has 0 aliphatic rings. The van der Waals surface area contributed by atoms with Crippen LogP contribution in [0.3, 0.4) is 0 Å². The minimum absolute atomic E-state index is 0.0800. The molecule has 0 saturated carbocycles. The molecule has 0 unspecified atom stereocenters. The standard InChI is InChI=1S/C37H31O5P/c1-3-42-37(40)35(34(38)28-17-15-16-27(26-28)32-24-13-14-25-33(32)36(39)41-2)43(29-18-7-4-8-19-29,30-20-9-5-10-21-30)31-22-11-6-12-23-31/h4-26H,3H2,1-2H3. The average Bonchev–Trinajstić information content (AvgIpc) is 3.08. The van der Waals surface area contributed by atoms with Gasteiger partial charge >= 0.3 is 11.9 Å². The number of carbonyl (C=O) groups excluding carboxylic acids is 3. The fourth-order valence-electron chi connectivity index (χ4n) is 5.36. The third kappa shape index (κ3) is 5.73. The zero-order chi connectivity index (χ0) is 30.2. The molecule has 5 nitrogen and oxygen atoms in total. The van der Waals surface area contributed by atoms with Crippen LogP contribution in [0.2, 0.25) is 0 Å². The van der Waals surface area contributed by atoms with Gasteiger partial charge in [-0.1, -0.05) is 127 Å². The van der Waals surface area contributed by atoms with Crippen LogP contribution in [0.4, 0.5) is 0 Å². The lowest BCUT2D eigenvalue weighted by Gasteiger charge is -2.31. The number of Topliss-reactive ketones (excluding diaryl/α,β-unsaturated/α-hetero) is 1. The van der Waals surface area contributed by atoms with Crippen LogP contribution in [0.1, 0.15) is 27.6 Å². The van der Waals surface area contributed by atoms with E-state index in [1.54, 1.807) is 43.3 Å². The SMILES string of the molecule is CCOC(=O)C(C(=O)c1cccc(-c2ccccc2C(=O)OC)c1)=P(c1ccccc1)(c1ccccc1)c1ccccc1. The molecule has 43 heavy (non-hydrogen) atoms. The molecule has 5 aromatic carbocycles. The minimum Gasteiger partial charge on any atom is -0.465 e. The molecule has 6 heteroatoms. The van der Waals surface area contributed by atoms with Gasteiger partial charge in [-0.15, -0.1) is 0 Å². The van der Waals surface area contributed by atoms with Crippen molar-refractivity contribution in [3.05, 3.63) is 151 Å². The highest BCUT2D eigenvalue weighted by molar-refractivity contribution is 7.97. The molecule has 214 valence electrons. The van der Waals surface area contributed by atoms with Gasteiger partial charge in [-0.2, -0.15) is 0 Å². The topological polar surface area (TPSA) is 69.7 Å². The van der Waals surface area contributed by atoms with Crippen molar-refractivity contribution < 1.29 is 23.9 Å². The molecule has 0 N–H and O–H groups in total. The molecule has 0 heterocycles. The van der Waals surface area contributed by atoms with Crippen molar-refractivity contribution in [3.8, 4) is 11.1 Å². The summed E-state index contributed by atoms with van der Waals surface area (Å²) in [6.45, 7) is -1.22. The van der Waals surface area contributed by atoms with E-state index in [9.17, 15) is 14.4 Å². The Balaban J connectivity index is 1.88. The molecule has 0 radical (unpaired) electrons. The quantitative estimate of drug-likeness (QED) is 0.0910. The van der Waals surface area contributed by atoms with Gasteiger partial charge in [0.25, 0.3) is 0 Å². The van der Waals surface area contributed by atoms with E-state index in [1.165, 1.54) is 7.11 Å². The summed E-state index contributed by atoms with van der Waals surface area (Å²) in [7, 11) is 1.33. The van der Waals surface area contributed by atoms with Crippen LogP contribution in [0.25, 0.3) is 11.1 Å². The van der Waals surface area contributed by atoms with Crippen molar-refractivity contribution in [2.24, 2.45) is 0 Å². The van der Waals surface area contributed by atoms with Crippen LogP contribution in [-0.2, 0) is 14.3 Å². The molecule has 0 aliphatic carbocycles. The van der Waals surface area contributed by atoms with Gasteiger partial charge in [0, 0.05) is 5.56 Å². The summed E-state index contributed by atoms with van der Waals surface area (Å²) in [4.78, 5) is 41.6. The lowest BCUT2D eigenvalue weighted by atomic mass is 9.96. The largest absolute Gasteiger partial charge is 0.465 e. The Morgan fingerprint density at radius 2 is 1.14 bits per heavy atom. The highest BCUT2D eigenvalue weighted by atomic mass is 31.2. The summed E-state index contributed by atoms with van der Waals surface area (Å²) in [5.41, 5.74) is 1.96. The predicted molar refractivity (Wildman–Crippen MR) is 174 cm³/mol. The molecule has 0 amide bonds. The van der Waals surface area contributed by atoms with Crippen LogP contribution in [0.5, 0.6) is 0 Å². The summed E-state index contributed by atoms with van der Waals surface area (Å²) >= 11 is 0. The van der Waals surface area contributed by atoms with Crippen LogP contribution < -0.4 is 15.9 Å². The van der Waals surface area contributed by atoms with Gasteiger partial charge in [-0.25, -0.2) is 9.59 Å². The summed E-state index contributed by atoms with van der Waals surface area (Å²) in [5.74, 6) is -1.56. The fraction of sp³-hybridized carbons (Fsp3) is 0.0811. The maximum absolute atomic E-state index is 14.9. The fourth-order valence-corrected chi connectivity index (χ4v) is 9.66. The number of rotatable bonds is 9. The first-order chi connectivity index (χ1) is 21.0. The number of ether oxygens (including phenoxy) is 2. The van der Waals surface area contributed by atoms with E-state index in [-0.39, 0.29) is 11.9 Å². The van der Waals surface area contributed by atoms with Gasteiger partial charge in [-0.3, -0.25) is 4.79 Å². The van der Waals surface area contributed by atoms with Crippen molar-refractivity contribution >= 4 is 45.8 Å². The maximum Gasteiger partial charge on any atom is 0.343 e. The summed E-state index contributed by atoms with van der Waals surface area (Å²) < 4.78 is 10.7. The number of benzene rings is 5. The first-order valence-corrected chi connectivity index (χ1v) is 15.7. The number of ketones is 1. The Hall–Kier alpha value is -4.99. The van der Waals surface area contributed by atoms with Crippen molar-refractivity contribution in [1.29, 1.82) is 0 Å². The minimum atomic E-state index is -3.07. The normalized spacial score (nSPS) is 10.9.